The Labute approximate surface area is 162 Å². The monoisotopic (exact) mass is 354 g/mol. The molecule has 146 valence electrons. The molecular formula is C26H42. The number of fused-ring (bicyclic) bond motifs is 6. The summed E-state index contributed by atoms with van der Waals surface area (Å²) in [5.41, 5.74) is 0. The Kier molecular flexibility index (Phi) is 4.43. The molecule has 0 aromatic rings. The van der Waals surface area contributed by atoms with Gasteiger partial charge >= 0.3 is 0 Å². The third-order valence-corrected chi connectivity index (χ3v) is 11.0. The molecule has 0 aromatic heterocycles. The predicted octanol–water partition coefficient (Wildman–Crippen LogP) is 7.47. The molecule has 6 aliphatic carbocycles. The van der Waals surface area contributed by atoms with Crippen LogP contribution in [0.15, 0.2) is 0 Å². The fourth-order valence-corrected chi connectivity index (χ4v) is 9.93. The van der Waals surface area contributed by atoms with E-state index in [0.717, 1.165) is 59.2 Å². The van der Waals surface area contributed by atoms with Gasteiger partial charge in [-0.05, 0) is 117 Å². The quantitative estimate of drug-likeness (QED) is 0.423. The van der Waals surface area contributed by atoms with E-state index in [2.05, 4.69) is 0 Å². The van der Waals surface area contributed by atoms with E-state index in [0.29, 0.717) is 0 Å². The summed E-state index contributed by atoms with van der Waals surface area (Å²) in [6.45, 7) is 0. The second-order valence-corrected chi connectivity index (χ2v) is 12.0. The normalized spacial score (nSPS) is 56.3. The highest BCUT2D eigenvalue weighted by Gasteiger charge is 2.50. The molecule has 0 spiro atoms. The van der Waals surface area contributed by atoms with Crippen LogP contribution in [0.5, 0.6) is 0 Å². The summed E-state index contributed by atoms with van der Waals surface area (Å²) in [6.07, 6.45) is 25.8. The molecule has 0 heteroatoms. The molecule has 10 atom stereocenters. The van der Waals surface area contributed by atoms with E-state index >= 15 is 0 Å². The average molecular weight is 355 g/mol. The van der Waals surface area contributed by atoms with Gasteiger partial charge in [-0.2, -0.15) is 0 Å². The average Bonchev–Trinajstić information content (AvgIpc) is 2.69. The van der Waals surface area contributed by atoms with Crippen LogP contribution in [0.1, 0.15) is 103 Å². The van der Waals surface area contributed by atoms with Crippen LogP contribution in [0.2, 0.25) is 0 Å². The molecule has 0 aliphatic heterocycles. The van der Waals surface area contributed by atoms with Crippen molar-refractivity contribution in [1.82, 2.24) is 0 Å². The van der Waals surface area contributed by atoms with Gasteiger partial charge in [-0.3, -0.25) is 0 Å². The summed E-state index contributed by atoms with van der Waals surface area (Å²) < 4.78 is 0. The number of hydrogen-bond donors (Lipinski definition) is 0. The maximum Gasteiger partial charge on any atom is -0.0352 e. The summed E-state index contributed by atoms with van der Waals surface area (Å²) in [5, 5.41) is 0. The summed E-state index contributed by atoms with van der Waals surface area (Å²) in [4.78, 5) is 0. The Hall–Kier alpha value is 0. The van der Waals surface area contributed by atoms with Crippen molar-refractivity contribution >= 4 is 0 Å². The minimum absolute atomic E-state index is 1.15. The van der Waals surface area contributed by atoms with Crippen molar-refractivity contribution in [2.24, 2.45) is 59.2 Å². The Morgan fingerprint density at radius 2 is 0.731 bits per heavy atom. The van der Waals surface area contributed by atoms with Crippen molar-refractivity contribution in [3.05, 3.63) is 0 Å². The van der Waals surface area contributed by atoms with Gasteiger partial charge in [0.2, 0.25) is 0 Å². The van der Waals surface area contributed by atoms with Crippen molar-refractivity contribution in [2.75, 3.05) is 0 Å². The molecule has 6 saturated carbocycles. The summed E-state index contributed by atoms with van der Waals surface area (Å²) in [6, 6.07) is 0. The maximum absolute atomic E-state index is 1.67. The lowest BCUT2D eigenvalue weighted by Crippen LogP contribution is -2.47. The molecule has 26 heavy (non-hydrogen) atoms. The Bertz CT molecular complexity index is 502. The molecule has 6 aliphatic rings. The Morgan fingerprint density at radius 3 is 1.42 bits per heavy atom. The van der Waals surface area contributed by atoms with E-state index in [1.165, 1.54) is 0 Å². The zero-order valence-electron chi connectivity index (χ0n) is 17.1. The summed E-state index contributed by atoms with van der Waals surface area (Å²) in [7, 11) is 0. The second-order valence-electron chi connectivity index (χ2n) is 12.0. The van der Waals surface area contributed by atoms with E-state index < -0.39 is 0 Å². The lowest BCUT2D eigenvalue weighted by molar-refractivity contribution is -0.0630. The van der Waals surface area contributed by atoms with E-state index in [9.17, 15) is 0 Å². The largest absolute Gasteiger partial charge is 0.0530 e. The van der Waals surface area contributed by atoms with Gasteiger partial charge in [0.25, 0.3) is 0 Å². The molecule has 0 saturated heterocycles. The molecule has 0 bridgehead atoms. The highest BCUT2D eigenvalue weighted by atomic mass is 14.6. The first-order chi connectivity index (χ1) is 12.8. The molecule has 6 rings (SSSR count). The van der Waals surface area contributed by atoms with Crippen molar-refractivity contribution in [1.29, 1.82) is 0 Å². The van der Waals surface area contributed by atoms with E-state index in [4.69, 9.17) is 0 Å². The van der Waals surface area contributed by atoms with Crippen LogP contribution >= 0.6 is 0 Å². The highest BCUT2D eigenvalue weighted by molar-refractivity contribution is 5.00. The van der Waals surface area contributed by atoms with Crippen LogP contribution in [-0.2, 0) is 0 Å². The second kappa shape index (κ2) is 6.81. The fourth-order valence-electron chi connectivity index (χ4n) is 9.93. The van der Waals surface area contributed by atoms with Crippen molar-refractivity contribution < 1.29 is 0 Å². The van der Waals surface area contributed by atoms with Gasteiger partial charge in [0.15, 0.2) is 0 Å². The lowest BCUT2D eigenvalue weighted by atomic mass is 9.49. The van der Waals surface area contributed by atoms with E-state index in [1.54, 1.807) is 103 Å². The van der Waals surface area contributed by atoms with Gasteiger partial charge in [0.05, 0.1) is 0 Å². The molecule has 0 radical (unpaired) electrons. The van der Waals surface area contributed by atoms with Gasteiger partial charge < -0.3 is 0 Å². The molecule has 0 amide bonds. The van der Waals surface area contributed by atoms with Gasteiger partial charge in [-0.25, -0.2) is 0 Å². The molecule has 6 fully saturated rings. The molecular weight excluding hydrogens is 312 g/mol. The maximum atomic E-state index is 1.67. The van der Waals surface area contributed by atoms with E-state index in [1.807, 2.05) is 0 Å². The predicted molar refractivity (Wildman–Crippen MR) is 109 cm³/mol. The topological polar surface area (TPSA) is 0 Å². The minimum atomic E-state index is 1.15. The van der Waals surface area contributed by atoms with Crippen LogP contribution in [0.4, 0.5) is 0 Å². The molecule has 0 aromatic carbocycles. The lowest BCUT2D eigenvalue weighted by Gasteiger charge is -2.56. The fraction of sp³-hybridized carbons (Fsp3) is 1.00. The van der Waals surface area contributed by atoms with Crippen molar-refractivity contribution in [2.45, 2.75) is 103 Å². The summed E-state index contributed by atoms with van der Waals surface area (Å²) >= 11 is 0. The first kappa shape index (κ1) is 16.9. The number of hydrogen-bond acceptors (Lipinski definition) is 0. The van der Waals surface area contributed by atoms with Gasteiger partial charge in [-0.15, -0.1) is 0 Å². The smallest absolute Gasteiger partial charge is 0.0352 e. The van der Waals surface area contributed by atoms with Crippen molar-refractivity contribution in [3.8, 4) is 0 Å². The van der Waals surface area contributed by atoms with E-state index in [-0.39, 0.29) is 0 Å². The SMILES string of the molecule is C1CCC2CC3CC4CC5C(CCC6CCCCC65)CC4CC3CC2C1. The molecule has 0 N–H and O–H groups in total. The minimum Gasteiger partial charge on any atom is -0.0530 e. The molecule has 10 unspecified atom stereocenters. The van der Waals surface area contributed by atoms with Crippen molar-refractivity contribution in [3.63, 3.8) is 0 Å². The zero-order chi connectivity index (χ0) is 17.1. The number of rotatable bonds is 0. The Balaban J connectivity index is 1.17. The first-order valence-corrected chi connectivity index (χ1v) is 12.8. The summed E-state index contributed by atoms with van der Waals surface area (Å²) in [5.74, 6) is 11.5. The van der Waals surface area contributed by atoms with Crippen LogP contribution in [0.3, 0.4) is 0 Å². The zero-order valence-corrected chi connectivity index (χ0v) is 17.1. The van der Waals surface area contributed by atoms with Gasteiger partial charge in [-0.1, -0.05) is 44.9 Å². The third kappa shape index (κ3) is 2.83. The highest BCUT2D eigenvalue weighted by Crippen LogP contribution is 2.60. The third-order valence-electron chi connectivity index (χ3n) is 11.0. The van der Waals surface area contributed by atoms with Crippen LogP contribution in [0, 0.1) is 59.2 Å². The molecule has 0 heterocycles. The van der Waals surface area contributed by atoms with Crippen LogP contribution in [0.25, 0.3) is 0 Å². The van der Waals surface area contributed by atoms with Crippen LogP contribution < -0.4 is 0 Å². The van der Waals surface area contributed by atoms with Crippen LogP contribution in [-0.4, -0.2) is 0 Å². The van der Waals surface area contributed by atoms with Gasteiger partial charge in [0, 0.05) is 0 Å². The Morgan fingerprint density at radius 1 is 0.269 bits per heavy atom. The standard InChI is InChI=1S/C26H42/c1-2-7-19-12-22-15-24-16-26-20(10-9-17-5-3-4-8-25(17)26)13-23(24)14-21(22)11-18(19)6-1/h17-26H,1-16H2. The van der Waals surface area contributed by atoms with Gasteiger partial charge in [0.1, 0.15) is 0 Å². The molecule has 0 nitrogen and oxygen atoms in total. The first-order valence-electron chi connectivity index (χ1n) is 12.8.